The fraction of sp³-hybridized carbons (Fsp3) is 0.487. The largest absolute Gasteiger partial charge is 0.463 e. The molecule has 11 heteroatoms. The van der Waals surface area contributed by atoms with Crippen LogP contribution in [0.3, 0.4) is 0 Å². The van der Waals surface area contributed by atoms with Crippen LogP contribution < -0.4 is 5.32 Å². The molecule has 1 saturated carbocycles. The summed E-state index contributed by atoms with van der Waals surface area (Å²) in [6.45, 7) is -0.151. The molecule has 3 fully saturated rings. The van der Waals surface area contributed by atoms with E-state index in [0.29, 0.717) is 23.9 Å². The summed E-state index contributed by atoms with van der Waals surface area (Å²) >= 11 is 3.66. The predicted molar refractivity (Wildman–Crippen MR) is 188 cm³/mol. The van der Waals surface area contributed by atoms with Crippen LogP contribution in [0.15, 0.2) is 83.4 Å². The molecule has 50 heavy (non-hydrogen) atoms. The minimum atomic E-state index is -1.43. The fourth-order valence-electron chi connectivity index (χ4n) is 8.66. The second kappa shape index (κ2) is 14.8. The first kappa shape index (κ1) is 34.6. The Hall–Kier alpha value is -3.80. The van der Waals surface area contributed by atoms with Crippen LogP contribution in [-0.4, -0.2) is 88.2 Å². The number of hydrogen-bond donors (Lipinski definition) is 2. The summed E-state index contributed by atoms with van der Waals surface area (Å²) in [6.07, 6.45) is 10.5. The van der Waals surface area contributed by atoms with E-state index in [4.69, 9.17) is 9.47 Å². The molecule has 10 nitrogen and oxygen atoms in total. The van der Waals surface area contributed by atoms with Gasteiger partial charge in [-0.05, 0) is 42.9 Å². The first-order chi connectivity index (χ1) is 24.3. The highest BCUT2D eigenvalue weighted by molar-refractivity contribution is 9.11. The number of halogens is 1. The van der Waals surface area contributed by atoms with Gasteiger partial charge in [-0.1, -0.05) is 108 Å². The first-order valence-electron chi connectivity index (χ1n) is 17.8. The molecule has 2 N–H and O–H groups in total. The van der Waals surface area contributed by atoms with Crippen LogP contribution in [0.5, 0.6) is 0 Å². The molecular formula is C39H44BrN3O7. The number of nitrogens with zero attached hydrogens (tertiary/aromatic N) is 2. The van der Waals surface area contributed by atoms with E-state index in [-0.39, 0.29) is 43.5 Å². The van der Waals surface area contributed by atoms with Crippen LogP contribution in [0.25, 0.3) is 0 Å². The zero-order chi connectivity index (χ0) is 34.8. The number of esters is 1. The van der Waals surface area contributed by atoms with Crippen LogP contribution in [0.4, 0.5) is 0 Å². The lowest BCUT2D eigenvalue weighted by atomic mass is 9.73. The lowest BCUT2D eigenvalue weighted by Crippen LogP contribution is -2.60. The second-order valence-corrected chi connectivity index (χ2v) is 15.0. The van der Waals surface area contributed by atoms with E-state index in [1.54, 1.807) is 0 Å². The summed E-state index contributed by atoms with van der Waals surface area (Å²) in [5.41, 5.74) is 0.236. The molecule has 3 amide bonds. The number of nitrogens with one attached hydrogen (secondary N) is 1. The molecule has 7 atom stereocenters. The molecule has 264 valence electrons. The molecular weight excluding hydrogens is 702 g/mol. The van der Waals surface area contributed by atoms with Gasteiger partial charge in [-0.3, -0.25) is 19.2 Å². The maximum atomic E-state index is 15.2. The summed E-state index contributed by atoms with van der Waals surface area (Å²) in [5, 5.41) is 14.0. The van der Waals surface area contributed by atoms with E-state index in [0.717, 1.165) is 43.2 Å². The van der Waals surface area contributed by atoms with Crippen molar-refractivity contribution in [3.05, 3.63) is 94.5 Å². The monoisotopic (exact) mass is 745 g/mol. The molecule has 2 saturated heterocycles. The number of rotatable bonds is 6. The molecule has 5 aliphatic rings. The maximum absolute atomic E-state index is 15.2. The molecule has 1 aliphatic carbocycles. The fourth-order valence-corrected chi connectivity index (χ4v) is 9.40. The molecule has 5 bridgehead atoms. The van der Waals surface area contributed by atoms with Gasteiger partial charge in [0.05, 0.1) is 30.5 Å². The number of likely N-dealkylation sites (tertiary alicyclic amines) is 1. The van der Waals surface area contributed by atoms with Crippen molar-refractivity contribution in [1.29, 1.82) is 0 Å². The van der Waals surface area contributed by atoms with Gasteiger partial charge in [0.1, 0.15) is 24.4 Å². The highest BCUT2D eigenvalue weighted by atomic mass is 79.9. The Kier molecular flexibility index (Phi) is 10.3. The van der Waals surface area contributed by atoms with Gasteiger partial charge in [-0.15, -0.1) is 0 Å². The smallest absolute Gasteiger partial charge is 0.306 e. The van der Waals surface area contributed by atoms with Gasteiger partial charge in [-0.25, -0.2) is 0 Å². The second-order valence-electron chi connectivity index (χ2n) is 14.0. The Balaban J connectivity index is 1.33. The molecule has 0 radical (unpaired) electrons. The summed E-state index contributed by atoms with van der Waals surface area (Å²) < 4.78 is 13.0. The van der Waals surface area contributed by atoms with Gasteiger partial charge < -0.3 is 29.7 Å². The van der Waals surface area contributed by atoms with Gasteiger partial charge in [-0.2, -0.15) is 0 Å². The van der Waals surface area contributed by atoms with Crippen LogP contribution >= 0.6 is 15.9 Å². The average molecular weight is 747 g/mol. The van der Waals surface area contributed by atoms with E-state index in [9.17, 15) is 19.5 Å². The molecule has 7 rings (SSSR count). The summed E-state index contributed by atoms with van der Waals surface area (Å²) in [7, 11) is 0. The predicted octanol–water partition coefficient (Wildman–Crippen LogP) is 4.38. The normalized spacial score (nSPS) is 32.0. The zero-order valence-electron chi connectivity index (χ0n) is 28.0. The standard InChI is InChI=1S/C39H44BrN3O7/c40-29-22-39-33-32(34(29)50-39)36(46)41-30(26-15-7-2-8-16-26)24-49-31(45)19-11-4-12-20-42(27-17-9-3-10-18-27)38(48)35(39)43(37(33)47)28(23-44)21-25-13-5-1-6-14-25/h1-2,4-8,12-16,22,27-28,30,32-35,44H,3,9-11,17-21,23-24H2,(H,41,46)/b12-4-/t28-,30+,32+,33-,34+,35+,39-/m1/s1. The number of ether oxygens (including phenoxy) is 2. The number of cyclic esters (lactones) is 1. The van der Waals surface area contributed by atoms with Gasteiger partial charge >= 0.3 is 5.97 Å². The van der Waals surface area contributed by atoms with Gasteiger partial charge in [0.2, 0.25) is 17.7 Å². The number of amides is 3. The van der Waals surface area contributed by atoms with Gasteiger partial charge in [0.15, 0.2) is 0 Å². The van der Waals surface area contributed by atoms with Crippen molar-refractivity contribution >= 4 is 39.6 Å². The maximum Gasteiger partial charge on any atom is 0.306 e. The Bertz CT molecular complexity index is 1650. The van der Waals surface area contributed by atoms with Crippen molar-refractivity contribution in [2.24, 2.45) is 11.8 Å². The molecule has 4 heterocycles. The zero-order valence-corrected chi connectivity index (χ0v) is 29.6. The molecule has 2 aromatic carbocycles. The molecule has 1 spiro atoms. The number of carbonyl (C=O) groups excluding carboxylic acids is 4. The van der Waals surface area contributed by atoms with Crippen molar-refractivity contribution in [3.63, 3.8) is 0 Å². The lowest BCUT2D eigenvalue weighted by Gasteiger charge is -2.42. The third kappa shape index (κ3) is 6.44. The van der Waals surface area contributed by atoms with E-state index < -0.39 is 47.6 Å². The molecule has 2 aromatic rings. The first-order valence-corrected chi connectivity index (χ1v) is 18.6. The lowest BCUT2D eigenvalue weighted by molar-refractivity contribution is -0.152. The number of benzene rings is 2. The number of aliphatic hydroxyl groups excluding tert-OH is 1. The highest BCUT2D eigenvalue weighted by Gasteiger charge is 2.75. The van der Waals surface area contributed by atoms with Gasteiger partial charge in [0, 0.05) is 23.5 Å². The molecule has 0 aromatic heterocycles. The Morgan fingerprint density at radius 1 is 0.940 bits per heavy atom. The van der Waals surface area contributed by atoms with Crippen LogP contribution in [0, 0.1) is 11.8 Å². The molecule has 0 unspecified atom stereocenters. The van der Waals surface area contributed by atoms with Crippen molar-refractivity contribution in [3.8, 4) is 0 Å². The summed E-state index contributed by atoms with van der Waals surface area (Å²) in [6, 6.07) is 16.3. The topological polar surface area (TPSA) is 125 Å². The SMILES string of the molecule is O=C1CC/C=C\CN(C2CCCCC2)C(=O)[C@@H]2N([C@@H](CO)Cc3ccccc3)C(=O)[C@H]3[C@H](C(=O)N[C@H](c4ccccc4)CO1)[C@H]1O[C@@]23C=C1Br. The Morgan fingerprint density at radius 2 is 1.66 bits per heavy atom. The quantitative estimate of drug-likeness (QED) is 0.333. The minimum Gasteiger partial charge on any atom is -0.463 e. The van der Waals surface area contributed by atoms with Crippen molar-refractivity contribution < 1.29 is 33.8 Å². The van der Waals surface area contributed by atoms with Crippen molar-refractivity contribution in [1.82, 2.24) is 15.1 Å². The third-order valence-corrected chi connectivity index (χ3v) is 11.7. The van der Waals surface area contributed by atoms with E-state index in [1.807, 2.05) is 83.8 Å². The van der Waals surface area contributed by atoms with Crippen LogP contribution in [0.1, 0.15) is 62.1 Å². The number of allylic oxidation sites excluding steroid dienone is 1. The number of carbonyl (C=O) groups is 4. The number of hydrogen-bond acceptors (Lipinski definition) is 7. The molecule has 4 aliphatic heterocycles. The Labute approximate surface area is 301 Å². The van der Waals surface area contributed by atoms with E-state index >= 15 is 4.79 Å². The minimum absolute atomic E-state index is 0.0428. The third-order valence-electron chi connectivity index (χ3n) is 11.0. The van der Waals surface area contributed by atoms with Crippen LogP contribution in [-0.2, 0) is 35.1 Å². The van der Waals surface area contributed by atoms with Crippen molar-refractivity contribution in [2.75, 3.05) is 19.8 Å². The number of fused-ring (bicyclic) bond motifs is 2. The highest BCUT2D eigenvalue weighted by Crippen LogP contribution is 2.59. The Morgan fingerprint density at radius 3 is 2.38 bits per heavy atom. The van der Waals surface area contributed by atoms with Crippen LogP contribution in [0.2, 0.25) is 0 Å². The average Bonchev–Trinajstić information content (AvgIpc) is 3.74. The van der Waals surface area contributed by atoms with E-state index in [2.05, 4.69) is 21.2 Å². The van der Waals surface area contributed by atoms with Gasteiger partial charge in [0.25, 0.3) is 0 Å². The summed E-state index contributed by atoms with van der Waals surface area (Å²) in [5.74, 6) is -3.45. The van der Waals surface area contributed by atoms with E-state index in [1.165, 1.54) is 4.90 Å². The summed E-state index contributed by atoms with van der Waals surface area (Å²) in [4.78, 5) is 60.9. The number of aliphatic hydroxyl groups is 1. The van der Waals surface area contributed by atoms with Crippen molar-refractivity contribution in [2.45, 2.75) is 87.2 Å².